The van der Waals surface area contributed by atoms with Gasteiger partial charge < -0.3 is 64.7 Å². The van der Waals surface area contributed by atoms with Crippen molar-refractivity contribution in [1.29, 1.82) is 0 Å². The lowest BCUT2D eigenvalue weighted by Gasteiger charge is -2.45. The Labute approximate surface area is 240 Å². The number of nitrogens with zero attached hydrogens (tertiary/aromatic N) is 2. The minimum Gasteiger partial charge on any atom is -0.478 e. The summed E-state index contributed by atoms with van der Waals surface area (Å²) in [6.45, 7) is 0.696. The number of imidazole rings is 1. The van der Waals surface area contributed by atoms with Gasteiger partial charge in [-0.2, -0.15) is 0 Å². The highest BCUT2D eigenvalue weighted by Gasteiger charge is 2.50. The molecule has 0 spiro atoms. The van der Waals surface area contributed by atoms with Crippen molar-refractivity contribution >= 4 is 17.2 Å². The quantitative estimate of drug-likeness (QED) is 0.168. The fourth-order valence-corrected chi connectivity index (χ4v) is 5.18. The van der Waals surface area contributed by atoms with Crippen molar-refractivity contribution in [3.8, 4) is 0 Å². The Bertz CT molecular complexity index is 1230. The third-order valence-corrected chi connectivity index (χ3v) is 7.62. The first kappa shape index (κ1) is 32.1. The summed E-state index contributed by atoms with van der Waals surface area (Å²) in [7, 11) is 0. The highest BCUT2D eigenvalue weighted by Crippen LogP contribution is 2.34. The summed E-state index contributed by atoms with van der Waals surface area (Å²) < 4.78 is 17.3. The Kier molecular flexibility index (Phi) is 10.4. The molecule has 0 unspecified atom stereocenters. The number of hydrogen-bond donors (Lipinski definition) is 9. The Morgan fingerprint density at radius 3 is 2.29 bits per heavy atom. The van der Waals surface area contributed by atoms with Gasteiger partial charge in [-0.05, 0) is 48.6 Å². The Morgan fingerprint density at radius 2 is 1.67 bits per heavy atom. The molecule has 1 aliphatic carbocycles. The molecular formula is C27H36N2O13. The normalized spacial score (nSPS) is 34.8. The first-order valence-electron chi connectivity index (χ1n) is 13.3. The lowest BCUT2D eigenvalue weighted by atomic mass is 9.88. The molecule has 3 aliphatic rings. The number of aliphatic hydroxyl groups excluding tert-OH is 8. The molecule has 0 bridgehead atoms. The summed E-state index contributed by atoms with van der Waals surface area (Å²) in [4.78, 5) is 15.1. The van der Waals surface area contributed by atoms with Crippen molar-refractivity contribution in [2.24, 2.45) is 0 Å². The average molecular weight is 597 g/mol. The zero-order valence-electron chi connectivity index (χ0n) is 22.6. The number of aromatic carboxylic acids is 1. The summed E-state index contributed by atoms with van der Waals surface area (Å²) >= 11 is 0. The van der Waals surface area contributed by atoms with E-state index in [1.807, 2.05) is 23.8 Å². The van der Waals surface area contributed by atoms with E-state index in [4.69, 9.17) is 24.4 Å². The minimum atomic E-state index is -1.74. The molecule has 10 atom stereocenters. The summed E-state index contributed by atoms with van der Waals surface area (Å²) in [6.07, 6.45) is -8.24. The summed E-state index contributed by atoms with van der Waals surface area (Å²) in [5, 5.41) is 85.6. The number of carboxylic acid groups (broad SMARTS) is 1. The maximum atomic E-state index is 11.1. The van der Waals surface area contributed by atoms with E-state index in [1.165, 1.54) is 11.3 Å². The van der Waals surface area contributed by atoms with E-state index in [1.54, 1.807) is 24.7 Å². The lowest BCUT2D eigenvalue weighted by Crippen LogP contribution is -2.64. The van der Waals surface area contributed by atoms with Crippen molar-refractivity contribution in [2.45, 2.75) is 81.2 Å². The number of fused-ring (bicyclic) bond motifs is 1. The van der Waals surface area contributed by atoms with Crippen LogP contribution in [0.25, 0.3) is 11.3 Å². The maximum Gasteiger partial charge on any atom is 0.335 e. The van der Waals surface area contributed by atoms with E-state index in [-0.39, 0.29) is 0 Å². The minimum absolute atomic E-state index is 0.338. The van der Waals surface area contributed by atoms with Crippen LogP contribution in [0.1, 0.15) is 34.8 Å². The van der Waals surface area contributed by atoms with Crippen LogP contribution in [0.3, 0.4) is 0 Å². The average Bonchev–Trinajstić information content (AvgIpc) is 3.52. The first-order valence-corrected chi connectivity index (χ1v) is 13.3. The monoisotopic (exact) mass is 596 g/mol. The number of benzene rings is 1. The predicted molar refractivity (Wildman–Crippen MR) is 141 cm³/mol. The van der Waals surface area contributed by atoms with Crippen LogP contribution < -0.4 is 0 Å². The number of aliphatic hydroxyl groups is 8. The highest BCUT2D eigenvalue weighted by molar-refractivity contribution is 5.92. The summed E-state index contributed by atoms with van der Waals surface area (Å²) in [6, 6.07) is 5.37. The smallest absolute Gasteiger partial charge is 0.335 e. The number of allylic oxidation sites excluding steroid dienone is 2. The lowest BCUT2D eigenvalue weighted by molar-refractivity contribution is -0.355. The van der Waals surface area contributed by atoms with Crippen LogP contribution in [-0.2, 0) is 20.6 Å². The highest BCUT2D eigenvalue weighted by atomic mass is 16.7. The maximum absolute atomic E-state index is 11.1. The van der Waals surface area contributed by atoms with Crippen LogP contribution in [0.2, 0.25) is 0 Å². The van der Waals surface area contributed by atoms with Crippen LogP contribution in [0, 0.1) is 0 Å². The summed E-state index contributed by atoms with van der Waals surface area (Å²) in [5.41, 5.74) is 4.90. The van der Waals surface area contributed by atoms with E-state index >= 15 is 0 Å². The molecule has 15 heteroatoms. The third-order valence-electron chi connectivity index (χ3n) is 7.62. The Morgan fingerprint density at radius 1 is 0.952 bits per heavy atom. The first-order chi connectivity index (χ1) is 20.0. The Hall–Kier alpha value is -2.80. The molecule has 0 saturated carbocycles. The molecule has 1 aromatic carbocycles. The molecule has 232 valence electrons. The molecule has 5 rings (SSSR count). The van der Waals surface area contributed by atoms with Gasteiger partial charge in [-0.25, -0.2) is 9.78 Å². The molecule has 3 heterocycles. The largest absolute Gasteiger partial charge is 0.478 e. The fourth-order valence-electron chi connectivity index (χ4n) is 5.18. The zero-order valence-corrected chi connectivity index (χ0v) is 22.6. The van der Waals surface area contributed by atoms with Gasteiger partial charge in [0.05, 0.1) is 25.1 Å². The molecule has 15 nitrogen and oxygen atoms in total. The van der Waals surface area contributed by atoms with Gasteiger partial charge in [-0.3, -0.25) is 0 Å². The topological polar surface area (TPSA) is 245 Å². The van der Waals surface area contributed by atoms with Crippen LogP contribution in [0.5, 0.6) is 0 Å². The Balaban J connectivity index is 0.000000196. The van der Waals surface area contributed by atoms with Crippen LogP contribution in [-0.4, -0.2) is 136 Å². The van der Waals surface area contributed by atoms with Crippen molar-refractivity contribution in [3.05, 3.63) is 53.6 Å². The second-order valence-corrected chi connectivity index (χ2v) is 10.2. The van der Waals surface area contributed by atoms with E-state index in [0.717, 1.165) is 24.0 Å². The van der Waals surface area contributed by atoms with Gasteiger partial charge in [0.15, 0.2) is 12.6 Å². The van der Waals surface area contributed by atoms with Crippen LogP contribution in [0.4, 0.5) is 0 Å². The van der Waals surface area contributed by atoms with Crippen LogP contribution in [0.15, 0.2) is 36.9 Å². The van der Waals surface area contributed by atoms with E-state index in [0.29, 0.717) is 5.56 Å². The number of hydrogen-bond acceptors (Lipinski definition) is 13. The summed E-state index contributed by atoms with van der Waals surface area (Å²) in [5.74, 6) is -0.884. The molecule has 2 saturated heterocycles. The third kappa shape index (κ3) is 6.56. The molecular weight excluding hydrogens is 560 g/mol. The van der Waals surface area contributed by atoms with Gasteiger partial charge in [0.2, 0.25) is 0 Å². The standard InChI is InChI=1S/C15H14N2O2.C12H22O11/c1-10-13-8-12(15(18)19)3-2-11(13)4-5-14(10)17-7-6-16-9-17;13-1-3-5(15)6(16)9(19)12(22-3)23-10-4(2-14)21-11(20)8(18)7(10)17/h2-3,6-9H,4-5H2,1H3,(H,18,19);3-20H,1-2H2/t;3-,4-,5+,6+,7-,8-,9-,10-,11-,12+/m.1/s1. The molecule has 9 N–H and O–H groups in total. The number of rotatable bonds is 6. The SMILES string of the molecule is CC1=C(n2ccnc2)CCc2ccc(C(=O)O)cc21.OC[C@H]1O[C@@H](O[C@H]2[C@H](O)[C@@H](O)[C@H](O)O[C@@H]2CO)[C@H](O)[C@@H](O)[C@H]1O. The van der Waals surface area contributed by atoms with Gasteiger partial charge in [0.1, 0.15) is 48.8 Å². The van der Waals surface area contributed by atoms with E-state index in [9.17, 15) is 40.5 Å². The van der Waals surface area contributed by atoms with Gasteiger partial charge in [-0.1, -0.05) is 6.07 Å². The van der Waals surface area contributed by atoms with E-state index < -0.39 is 80.6 Å². The fraction of sp³-hybridized carbons (Fsp3) is 0.556. The second kappa shape index (κ2) is 13.7. The number of carboxylic acids is 1. The molecule has 0 radical (unpaired) electrons. The number of carbonyl (C=O) groups is 1. The number of aromatic nitrogens is 2. The van der Waals surface area contributed by atoms with Crippen molar-refractivity contribution in [1.82, 2.24) is 9.55 Å². The van der Waals surface area contributed by atoms with Gasteiger partial charge in [-0.15, -0.1) is 0 Å². The molecule has 2 aliphatic heterocycles. The van der Waals surface area contributed by atoms with E-state index in [2.05, 4.69) is 4.98 Å². The second-order valence-electron chi connectivity index (χ2n) is 10.2. The number of ether oxygens (including phenoxy) is 3. The van der Waals surface area contributed by atoms with Crippen molar-refractivity contribution in [2.75, 3.05) is 13.2 Å². The molecule has 2 aromatic rings. The predicted octanol–water partition coefficient (Wildman–Crippen LogP) is -2.48. The molecule has 2 fully saturated rings. The van der Waals surface area contributed by atoms with Crippen molar-refractivity contribution < 1.29 is 65.0 Å². The zero-order chi connectivity index (χ0) is 30.7. The van der Waals surface area contributed by atoms with Gasteiger partial charge in [0.25, 0.3) is 0 Å². The molecule has 0 amide bonds. The van der Waals surface area contributed by atoms with Gasteiger partial charge in [0, 0.05) is 18.1 Å². The number of aryl methyl sites for hydroxylation is 1. The van der Waals surface area contributed by atoms with Gasteiger partial charge >= 0.3 is 5.97 Å². The molecule has 42 heavy (non-hydrogen) atoms. The molecule has 1 aromatic heterocycles. The van der Waals surface area contributed by atoms with Crippen molar-refractivity contribution in [3.63, 3.8) is 0 Å². The van der Waals surface area contributed by atoms with Crippen LogP contribution >= 0.6 is 0 Å².